The summed E-state index contributed by atoms with van der Waals surface area (Å²) in [6.07, 6.45) is 1.04. The first-order valence-corrected chi connectivity index (χ1v) is 14.7. The summed E-state index contributed by atoms with van der Waals surface area (Å²) < 4.78 is 55.8. The fourth-order valence-electron chi connectivity index (χ4n) is 4.45. The number of aromatic nitrogens is 3. The predicted octanol–water partition coefficient (Wildman–Crippen LogP) is 4.35. The highest BCUT2D eigenvalue weighted by atomic mass is 35.5. The van der Waals surface area contributed by atoms with Crippen LogP contribution in [0.2, 0.25) is 5.02 Å². The highest BCUT2D eigenvalue weighted by molar-refractivity contribution is 7.92. The molecule has 0 spiro atoms. The van der Waals surface area contributed by atoms with Gasteiger partial charge in [0.2, 0.25) is 10.0 Å². The Labute approximate surface area is 241 Å². The first-order valence-electron chi connectivity index (χ1n) is 12.4. The minimum Gasteiger partial charge on any atom is -0.386 e. The van der Waals surface area contributed by atoms with Crippen molar-refractivity contribution in [1.29, 1.82) is 0 Å². The normalized spacial score (nSPS) is 12.6. The van der Waals surface area contributed by atoms with E-state index in [9.17, 15) is 22.3 Å². The third-order valence-corrected chi connectivity index (χ3v) is 6.93. The topological polar surface area (TPSA) is 135 Å². The molecule has 1 atom stereocenters. The van der Waals surface area contributed by atoms with Gasteiger partial charge >= 0.3 is 0 Å². The molecule has 0 aliphatic carbocycles. The van der Waals surface area contributed by atoms with Crippen LogP contribution < -0.4 is 15.8 Å². The average Bonchev–Trinajstić information content (AvgIpc) is 3.16. The fraction of sp³-hybridized carbons (Fsp3) is 0.286. The van der Waals surface area contributed by atoms with Crippen LogP contribution in [0.1, 0.15) is 36.8 Å². The minimum absolute atomic E-state index is 0.0367. The molecule has 2 aromatic heterocycles. The number of fused-ring (bicyclic) bond motifs is 1. The van der Waals surface area contributed by atoms with Gasteiger partial charge in [-0.25, -0.2) is 22.2 Å². The van der Waals surface area contributed by atoms with Gasteiger partial charge in [0.1, 0.15) is 22.9 Å². The second-order valence-electron chi connectivity index (χ2n) is 10.1. The molecule has 2 heterocycles. The van der Waals surface area contributed by atoms with E-state index in [1.807, 2.05) is 0 Å². The van der Waals surface area contributed by atoms with E-state index in [2.05, 4.69) is 27.0 Å². The Bertz CT molecular complexity index is 1800. The minimum atomic E-state index is -3.67. The molecule has 2 aromatic carbocycles. The van der Waals surface area contributed by atoms with Gasteiger partial charge in [-0.15, -0.1) is 0 Å². The highest BCUT2D eigenvalue weighted by Crippen LogP contribution is 2.40. The van der Waals surface area contributed by atoms with E-state index >= 15 is 0 Å². The number of halogens is 3. The van der Waals surface area contributed by atoms with Gasteiger partial charge in [-0.2, -0.15) is 5.10 Å². The number of nitrogens with zero attached hydrogens (tertiary/aromatic N) is 3. The lowest BCUT2D eigenvalue weighted by Gasteiger charge is -2.20. The second kappa shape index (κ2) is 11.3. The van der Waals surface area contributed by atoms with E-state index in [1.54, 1.807) is 32.3 Å². The molecular weight excluding hydrogens is 574 g/mol. The first kappa shape index (κ1) is 30.2. The van der Waals surface area contributed by atoms with Gasteiger partial charge in [0.05, 0.1) is 39.6 Å². The highest BCUT2D eigenvalue weighted by Gasteiger charge is 2.24. The number of pyridine rings is 1. The number of sulfonamides is 1. The van der Waals surface area contributed by atoms with Crippen molar-refractivity contribution in [3.63, 3.8) is 0 Å². The zero-order chi connectivity index (χ0) is 30.3. The van der Waals surface area contributed by atoms with Crippen molar-refractivity contribution in [3.8, 4) is 23.0 Å². The van der Waals surface area contributed by atoms with Gasteiger partial charge in [0.25, 0.3) is 0 Å². The van der Waals surface area contributed by atoms with Crippen molar-refractivity contribution >= 4 is 44.0 Å². The lowest BCUT2D eigenvalue weighted by molar-refractivity contribution is 0.143. The zero-order valence-electron chi connectivity index (χ0n) is 23.0. The maximum absolute atomic E-state index is 14.0. The molecule has 4 rings (SSSR count). The molecular formula is C28H29ClF2N6O3S. The molecule has 9 nitrogen and oxygen atoms in total. The standard InChI is InChI=1S/C28H29ClF2N6O3S/c1-28(2,38)9-8-22-23(33-3)14-19(25(34-22)21(32)12-15-10-16(30)13-17(31)11-15)18-6-7-20(29)24-26(18)37(4)35-27(24)36-41(5,39)40/h6-7,10-11,13-14,21,33,38H,12,32H2,1-5H3,(H,35,36)/t21-/m0/s1. The summed E-state index contributed by atoms with van der Waals surface area (Å²) in [6, 6.07) is 7.42. The van der Waals surface area contributed by atoms with Crippen LogP contribution in [0.4, 0.5) is 20.3 Å². The number of hydrogen-bond acceptors (Lipinski definition) is 7. The van der Waals surface area contributed by atoms with Gasteiger partial charge < -0.3 is 16.2 Å². The van der Waals surface area contributed by atoms with Gasteiger partial charge in [-0.1, -0.05) is 23.6 Å². The largest absolute Gasteiger partial charge is 0.386 e. The zero-order valence-corrected chi connectivity index (χ0v) is 24.5. The number of benzene rings is 2. The lowest BCUT2D eigenvalue weighted by Crippen LogP contribution is -2.18. The Hall–Kier alpha value is -3.76. The molecule has 0 radical (unpaired) electrons. The van der Waals surface area contributed by atoms with Crippen molar-refractivity contribution in [2.75, 3.05) is 23.3 Å². The van der Waals surface area contributed by atoms with Gasteiger partial charge in [-0.05, 0) is 56.0 Å². The van der Waals surface area contributed by atoms with Crippen LogP contribution in [-0.2, 0) is 23.5 Å². The molecule has 0 saturated heterocycles. The van der Waals surface area contributed by atoms with E-state index in [0.29, 0.717) is 44.7 Å². The molecule has 0 unspecified atom stereocenters. The van der Waals surface area contributed by atoms with Crippen molar-refractivity contribution in [2.24, 2.45) is 12.8 Å². The van der Waals surface area contributed by atoms with Crippen LogP contribution in [0.15, 0.2) is 36.4 Å². The predicted molar refractivity (Wildman–Crippen MR) is 157 cm³/mol. The molecule has 5 N–H and O–H groups in total. The van der Waals surface area contributed by atoms with Crippen molar-refractivity contribution in [3.05, 3.63) is 70.0 Å². The number of aliphatic hydroxyl groups is 1. The van der Waals surface area contributed by atoms with Crippen LogP contribution >= 0.6 is 11.6 Å². The summed E-state index contributed by atoms with van der Waals surface area (Å²) in [5, 5.41) is 18.2. The maximum atomic E-state index is 14.0. The molecule has 0 aliphatic rings. The number of rotatable bonds is 7. The van der Waals surface area contributed by atoms with Gasteiger partial charge in [0.15, 0.2) is 5.82 Å². The van der Waals surface area contributed by atoms with Crippen LogP contribution in [0, 0.1) is 23.5 Å². The van der Waals surface area contributed by atoms with E-state index in [0.717, 1.165) is 12.3 Å². The number of nitrogens with one attached hydrogen (secondary N) is 2. The second-order valence-corrected chi connectivity index (χ2v) is 12.3. The van der Waals surface area contributed by atoms with Crippen molar-refractivity contribution in [2.45, 2.75) is 31.9 Å². The van der Waals surface area contributed by atoms with Crippen LogP contribution in [0.3, 0.4) is 0 Å². The monoisotopic (exact) mass is 602 g/mol. The number of hydrogen-bond donors (Lipinski definition) is 4. The quantitative estimate of drug-likeness (QED) is 0.231. The Morgan fingerprint density at radius 3 is 2.41 bits per heavy atom. The summed E-state index contributed by atoms with van der Waals surface area (Å²) >= 11 is 6.52. The fourth-order valence-corrected chi connectivity index (χ4v) is 5.18. The van der Waals surface area contributed by atoms with E-state index in [4.69, 9.17) is 22.3 Å². The SMILES string of the molecule is CNc1cc(-c2ccc(Cl)c3c(NS(C)(=O)=O)nn(C)c23)c([C@@H](N)Cc2cc(F)cc(F)c2)nc1C#CC(C)(C)O. The Kier molecular flexibility index (Phi) is 8.29. The van der Waals surface area contributed by atoms with Gasteiger partial charge in [0, 0.05) is 31.3 Å². The van der Waals surface area contributed by atoms with Crippen molar-refractivity contribution in [1.82, 2.24) is 14.8 Å². The smallest absolute Gasteiger partial charge is 0.231 e. The van der Waals surface area contributed by atoms with Crippen LogP contribution in [-0.4, -0.2) is 47.2 Å². The van der Waals surface area contributed by atoms with Crippen molar-refractivity contribution < 1.29 is 22.3 Å². The molecule has 0 aliphatic heterocycles. The van der Waals surface area contributed by atoms with E-state index < -0.39 is 33.3 Å². The first-order chi connectivity index (χ1) is 19.1. The summed E-state index contributed by atoms with van der Waals surface area (Å²) in [5.74, 6) is 4.21. The molecule has 0 fully saturated rings. The Morgan fingerprint density at radius 1 is 1.17 bits per heavy atom. The number of aryl methyl sites for hydroxylation is 1. The molecule has 41 heavy (non-hydrogen) atoms. The lowest BCUT2D eigenvalue weighted by atomic mass is 9.93. The number of anilines is 2. The van der Waals surface area contributed by atoms with Crippen LogP contribution in [0.25, 0.3) is 22.0 Å². The average molecular weight is 603 g/mol. The third kappa shape index (κ3) is 6.94. The molecule has 13 heteroatoms. The van der Waals surface area contributed by atoms with E-state index in [1.165, 1.54) is 30.7 Å². The summed E-state index contributed by atoms with van der Waals surface area (Å²) in [7, 11) is -0.351. The molecule has 216 valence electrons. The Morgan fingerprint density at radius 2 is 1.83 bits per heavy atom. The maximum Gasteiger partial charge on any atom is 0.231 e. The summed E-state index contributed by atoms with van der Waals surface area (Å²) in [5.41, 5.74) is 8.42. The number of nitrogens with two attached hydrogens (primary N) is 1. The van der Waals surface area contributed by atoms with Crippen LogP contribution in [0.5, 0.6) is 0 Å². The third-order valence-electron chi connectivity index (χ3n) is 6.05. The molecule has 4 aromatic rings. The molecule has 0 amide bonds. The summed E-state index contributed by atoms with van der Waals surface area (Å²) in [6.45, 7) is 3.07. The Balaban J connectivity index is 2.00. The van der Waals surface area contributed by atoms with Gasteiger partial charge in [-0.3, -0.25) is 9.40 Å². The van der Waals surface area contributed by atoms with E-state index in [-0.39, 0.29) is 17.3 Å². The molecule has 0 bridgehead atoms. The molecule has 0 saturated carbocycles. The summed E-state index contributed by atoms with van der Waals surface area (Å²) in [4.78, 5) is 4.76.